The summed E-state index contributed by atoms with van der Waals surface area (Å²) in [5.41, 5.74) is 3.53. The van der Waals surface area contributed by atoms with Crippen LogP contribution in [0.5, 0.6) is 5.75 Å². The Bertz CT molecular complexity index is 853. The SMILES string of the molecule is COCCOC(=O)C1=C(C)NC2=C(C(=O)CCC2)[C@@H]1c1ccccc1OC(C)C. The number of para-hydroxylation sites is 1. The van der Waals surface area contributed by atoms with E-state index in [-0.39, 0.29) is 18.5 Å². The third-order valence-corrected chi connectivity index (χ3v) is 5.11. The summed E-state index contributed by atoms with van der Waals surface area (Å²) in [6.45, 7) is 6.24. The van der Waals surface area contributed by atoms with Gasteiger partial charge in [0.15, 0.2) is 5.78 Å². The van der Waals surface area contributed by atoms with Crippen molar-refractivity contribution in [1.29, 1.82) is 0 Å². The highest BCUT2D eigenvalue weighted by molar-refractivity contribution is 6.04. The number of methoxy groups -OCH3 is 1. The number of carbonyl (C=O) groups excluding carboxylic acids is 2. The molecule has 1 aromatic rings. The summed E-state index contributed by atoms with van der Waals surface area (Å²) in [5.74, 6) is -0.210. The third kappa shape index (κ3) is 4.53. The molecule has 0 bridgehead atoms. The van der Waals surface area contributed by atoms with Gasteiger partial charge in [-0.25, -0.2) is 4.79 Å². The van der Waals surface area contributed by atoms with Gasteiger partial charge in [0.25, 0.3) is 0 Å². The summed E-state index contributed by atoms with van der Waals surface area (Å²) in [6.07, 6.45) is 2.04. The van der Waals surface area contributed by atoms with Crippen LogP contribution in [0.3, 0.4) is 0 Å². The first kappa shape index (κ1) is 21.1. The van der Waals surface area contributed by atoms with Crippen LogP contribution in [-0.4, -0.2) is 38.2 Å². The number of ether oxygens (including phenoxy) is 3. The highest BCUT2D eigenvalue weighted by Crippen LogP contribution is 2.45. The van der Waals surface area contributed by atoms with E-state index >= 15 is 0 Å². The number of hydrogen-bond donors (Lipinski definition) is 1. The molecule has 0 unspecified atom stereocenters. The molecule has 0 aromatic heterocycles. The molecule has 1 heterocycles. The van der Waals surface area contributed by atoms with Crippen molar-refractivity contribution < 1.29 is 23.8 Å². The lowest BCUT2D eigenvalue weighted by Gasteiger charge is -2.35. The van der Waals surface area contributed by atoms with E-state index in [0.29, 0.717) is 35.6 Å². The molecule has 0 amide bonds. The van der Waals surface area contributed by atoms with Gasteiger partial charge in [-0.3, -0.25) is 4.79 Å². The van der Waals surface area contributed by atoms with Crippen molar-refractivity contribution in [2.75, 3.05) is 20.3 Å². The van der Waals surface area contributed by atoms with Crippen molar-refractivity contribution in [3.63, 3.8) is 0 Å². The molecule has 0 saturated heterocycles. The Balaban J connectivity index is 2.11. The van der Waals surface area contributed by atoms with E-state index in [1.54, 1.807) is 7.11 Å². The maximum atomic E-state index is 13.0. The molecule has 1 aliphatic carbocycles. The Labute approximate surface area is 171 Å². The number of carbonyl (C=O) groups is 2. The van der Waals surface area contributed by atoms with E-state index in [1.165, 1.54) is 0 Å². The number of esters is 1. The molecular weight excluding hydrogens is 370 g/mol. The van der Waals surface area contributed by atoms with Gasteiger partial charge < -0.3 is 19.5 Å². The molecule has 1 atom stereocenters. The predicted molar refractivity (Wildman–Crippen MR) is 110 cm³/mol. The minimum atomic E-state index is -0.510. The summed E-state index contributed by atoms with van der Waals surface area (Å²) >= 11 is 0. The van der Waals surface area contributed by atoms with Crippen molar-refractivity contribution in [2.45, 2.75) is 52.1 Å². The second kappa shape index (κ2) is 9.27. The van der Waals surface area contributed by atoms with Gasteiger partial charge in [0, 0.05) is 36.1 Å². The normalized spacial score (nSPS) is 19.2. The molecule has 6 heteroatoms. The first-order chi connectivity index (χ1) is 13.9. The number of Topliss-reactive ketones (excluding diaryl/α,β-unsaturated/α-hetero) is 1. The average Bonchev–Trinajstić information content (AvgIpc) is 2.67. The molecule has 0 saturated carbocycles. The lowest BCUT2D eigenvalue weighted by atomic mass is 9.75. The smallest absolute Gasteiger partial charge is 0.336 e. The Morgan fingerprint density at radius 3 is 2.69 bits per heavy atom. The first-order valence-corrected chi connectivity index (χ1v) is 10.1. The van der Waals surface area contributed by atoms with Crippen LogP contribution < -0.4 is 10.1 Å². The van der Waals surface area contributed by atoms with Crippen LogP contribution in [0.1, 0.15) is 51.5 Å². The molecule has 1 N–H and O–H groups in total. The molecule has 3 rings (SSSR count). The van der Waals surface area contributed by atoms with Gasteiger partial charge in [-0.2, -0.15) is 0 Å². The summed E-state index contributed by atoms with van der Waals surface area (Å²) in [7, 11) is 1.56. The van der Waals surface area contributed by atoms with Crippen LogP contribution >= 0.6 is 0 Å². The number of allylic oxidation sites excluding steroid dienone is 3. The van der Waals surface area contributed by atoms with Crippen molar-refractivity contribution in [3.8, 4) is 5.75 Å². The van der Waals surface area contributed by atoms with Crippen molar-refractivity contribution in [2.24, 2.45) is 0 Å². The molecule has 1 aliphatic heterocycles. The van der Waals surface area contributed by atoms with E-state index in [0.717, 1.165) is 24.1 Å². The number of dihydropyridines is 1. The van der Waals surface area contributed by atoms with E-state index in [2.05, 4.69) is 5.32 Å². The second-order valence-corrected chi connectivity index (χ2v) is 7.60. The Hall–Kier alpha value is -2.60. The molecule has 0 fully saturated rings. The van der Waals surface area contributed by atoms with Crippen molar-refractivity contribution in [3.05, 3.63) is 52.4 Å². The summed E-state index contributed by atoms with van der Waals surface area (Å²) < 4.78 is 16.5. The maximum Gasteiger partial charge on any atom is 0.336 e. The highest BCUT2D eigenvalue weighted by Gasteiger charge is 2.40. The van der Waals surface area contributed by atoms with E-state index < -0.39 is 11.9 Å². The van der Waals surface area contributed by atoms with E-state index in [1.807, 2.05) is 45.0 Å². The number of rotatable bonds is 7. The van der Waals surface area contributed by atoms with Crippen LogP contribution in [0.2, 0.25) is 0 Å². The first-order valence-electron chi connectivity index (χ1n) is 10.1. The van der Waals surface area contributed by atoms with Gasteiger partial charge in [0.1, 0.15) is 12.4 Å². The Morgan fingerprint density at radius 1 is 1.21 bits per heavy atom. The average molecular weight is 399 g/mol. The molecule has 6 nitrogen and oxygen atoms in total. The number of nitrogens with one attached hydrogen (secondary N) is 1. The van der Waals surface area contributed by atoms with E-state index in [4.69, 9.17) is 14.2 Å². The lowest BCUT2D eigenvalue weighted by molar-refractivity contribution is -0.140. The lowest BCUT2D eigenvalue weighted by Crippen LogP contribution is -2.34. The zero-order valence-electron chi connectivity index (χ0n) is 17.5. The number of hydrogen-bond acceptors (Lipinski definition) is 6. The molecule has 1 aromatic carbocycles. The quantitative estimate of drug-likeness (QED) is 0.558. The fourth-order valence-corrected chi connectivity index (χ4v) is 3.94. The maximum absolute atomic E-state index is 13.0. The van der Waals surface area contributed by atoms with Gasteiger partial charge >= 0.3 is 5.97 Å². The van der Waals surface area contributed by atoms with E-state index in [9.17, 15) is 9.59 Å². The topological polar surface area (TPSA) is 73.9 Å². The highest BCUT2D eigenvalue weighted by atomic mass is 16.6. The Morgan fingerprint density at radius 2 is 1.97 bits per heavy atom. The number of ketones is 1. The van der Waals surface area contributed by atoms with Crippen LogP contribution in [0, 0.1) is 0 Å². The summed E-state index contributed by atoms with van der Waals surface area (Å²) in [6, 6.07) is 7.61. The third-order valence-electron chi connectivity index (χ3n) is 5.11. The predicted octanol–water partition coefficient (Wildman–Crippen LogP) is 3.63. The van der Waals surface area contributed by atoms with Crippen LogP contribution in [0.4, 0.5) is 0 Å². The number of benzene rings is 1. The minimum absolute atomic E-state index is 0.0319. The summed E-state index contributed by atoms with van der Waals surface area (Å²) in [5, 5.41) is 3.30. The van der Waals surface area contributed by atoms with Crippen molar-refractivity contribution in [1.82, 2.24) is 5.32 Å². The fraction of sp³-hybridized carbons (Fsp3) is 0.478. The van der Waals surface area contributed by atoms with Crippen molar-refractivity contribution >= 4 is 11.8 Å². The standard InChI is InChI=1S/C23H29NO5/c1-14(2)29-19-11-6-5-8-16(19)21-20(23(26)28-13-12-27-4)15(3)24-17-9-7-10-18(25)22(17)21/h5-6,8,11,14,21,24H,7,9-10,12-13H2,1-4H3/t21-/m1/s1. The molecule has 0 spiro atoms. The monoisotopic (exact) mass is 399 g/mol. The van der Waals surface area contributed by atoms with Gasteiger partial charge in [-0.1, -0.05) is 18.2 Å². The van der Waals surface area contributed by atoms with Crippen LogP contribution in [-0.2, 0) is 19.1 Å². The molecule has 29 heavy (non-hydrogen) atoms. The minimum Gasteiger partial charge on any atom is -0.491 e. The van der Waals surface area contributed by atoms with Crippen LogP contribution in [0.25, 0.3) is 0 Å². The van der Waals surface area contributed by atoms with Crippen LogP contribution in [0.15, 0.2) is 46.8 Å². The fourth-order valence-electron chi connectivity index (χ4n) is 3.94. The van der Waals surface area contributed by atoms with Gasteiger partial charge in [-0.05, 0) is 39.7 Å². The molecule has 156 valence electrons. The largest absolute Gasteiger partial charge is 0.491 e. The van der Waals surface area contributed by atoms with Gasteiger partial charge in [-0.15, -0.1) is 0 Å². The molecule has 2 aliphatic rings. The van der Waals surface area contributed by atoms with Gasteiger partial charge in [0.2, 0.25) is 0 Å². The second-order valence-electron chi connectivity index (χ2n) is 7.60. The zero-order valence-corrected chi connectivity index (χ0v) is 17.5. The molecular formula is C23H29NO5. The summed E-state index contributed by atoms with van der Waals surface area (Å²) in [4.78, 5) is 26.0. The van der Waals surface area contributed by atoms with Gasteiger partial charge in [0.05, 0.1) is 24.2 Å². The molecule has 0 radical (unpaired) electrons. The Kier molecular flexibility index (Phi) is 6.75. The zero-order chi connectivity index (χ0) is 21.0.